The van der Waals surface area contributed by atoms with Crippen LogP contribution in [0.3, 0.4) is 0 Å². The Morgan fingerprint density at radius 2 is 2.11 bits per heavy atom. The summed E-state index contributed by atoms with van der Waals surface area (Å²) in [6.07, 6.45) is 2.43. The monoisotopic (exact) mass is 270 g/mol. The first-order valence-corrected chi connectivity index (χ1v) is 7.59. The van der Waals surface area contributed by atoms with E-state index in [4.69, 9.17) is 0 Å². The third-order valence-electron chi connectivity index (χ3n) is 3.87. The Morgan fingerprint density at radius 3 is 2.63 bits per heavy atom. The number of aliphatic hydroxyl groups excluding tert-OH is 1. The summed E-state index contributed by atoms with van der Waals surface area (Å²) in [5.41, 5.74) is 0. The summed E-state index contributed by atoms with van der Waals surface area (Å²) in [5, 5.41) is 13.4. The van der Waals surface area contributed by atoms with Crippen LogP contribution in [-0.4, -0.2) is 47.7 Å². The first-order chi connectivity index (χ1) is 8.92. The molecule has 0 saturated carbocycles. The number of hydrogen-bond donors (Lipinski definition) is 2. The third kappa shape index (κ3) is 5.91. The lowest BCUT2D eigenvalue weighted by Crippen LogP contribution is -2.51. The Kier molecular flexibility index (Phi) is 6.80. The second kappa shape index (κ2) is 7.85. The van der Waals surface area contributed by atoms with Crippen LogP contribution in [0.4, 0.5) is 0 Å². The molecule has 2 N–H and O–H groups in total. The summed E-state index contributed by atoms with van der Waals surface area (Å²) in [6, 6.07) is 0.370. The second-order valence-corrected chi connectivity index (χ2v) is 6.32. The van der Waals surface area contributed by atoms with Crippen molar-refractivity contribution in [2.45, 2.75) is 59.1 Å². The van der Waals surface area contributed by atoms with E-state index in [1.165, 1.54) is 0 Å². The van der Waals surface area contributed by atoms with Crippen LogP contribution in [-0.2, 0) is 4.79 Å². The third-order valence-corrected chi connectivity index (χ3v) is 3.87. The average molecular weight is 270 g/mol. The van der Waals surface area contributed by atoms with Crippen LogP contribution in [0.2, 0.25) is 0 Å². The zero-order valence-electron chi connectivity index (χ0n) is 12.9. The minimum Gasteiger partial charge on any atom is -0.393 e. The summed E-state index contributed by atoms with van der Waals surface area (Å²) in [6.45, 7) is 10.6. The molecule has 3 unspecified atom stereocenters. The van der Waals surface area contributed by atoms with Gasteiger partial charge in [-0.15, -0.1) is 0 Å². The molecule has 19 heavy (non-hydrogen) atoms. The molecule has 3 atom stereocenters. The van der Waals surface area contributed by atoms with E-state index < -0.39 is 0 Å². The average Bonchev–Trinajstić information content (AvgIpc) is 2.35. The number of piperidine rings is 1. The first kappa shape index (κ1) is 16.4. The highest BCUT2D eigenvalue weighted by Crippen LogP contribution is 2.22. The molecule has 1 amide bonds. The van der Waals surface area contributed by atoms with Gasteiger partial charge in [0, 0.05) is 26.1 Å². The van der Waals surface area contributed by atoms with Crippen LogP contribution in [0.15, 0.2) is 0 Å². The number of amides is 1. The predicted molar refractivity (Wildman–Crippen MR) is 77.9 cm³/mol. The van der Waals surface area contributed by atoms with Crippen molar-refractivity contribution < 1.29 is 9.90 Å². The molecule has 112 valence electrons. The van der Waals surface area contributed by atoms with Crippen LogP contribution >= 0.6 is 0 Å². The van der Waals surface area contributed by atoms with E-state index in [0.717, 1.165) is 38.9 Å². The van der Waals surface area contributed by atoms with Crippen LogP contribution in [0, 0.1) is 11.8 Å². The molecular weight excluding hydrogens is 240 g/mol. The molecule has 1 rings (SSSR count). The molecule has 0 aromatic carbocycles. The lowest BCUT2D eigenvalue weighted by atomic mass is 9.88. The van der Waals surface area contributed by atoms with Crippen LogP contribution < -0.4 is 5.32 Å². The zero-order chi connectivity index (χ0) is 14.4. The van der Waals surface area contributed by atoms with Gasteiger partial charge in [-0.25, -0.2) is 0 Å². The molecule has 0 aliphatic carbocycles. The van der Waals surface area contributed by atoms with Gasteiger partial charge in [-0.05, 0) is 37.6 Å². The van der Waals surface area contributed by atoms with Crippen molar-refractivity contribution in [3.8, 4) is 0 Å². The van der Waals surface area contributed by atoms with Crippen molar-refractivity contribution in [3.05, 3.63) is 0 Å². The van der Waals surface area contributed by atoms with Crippen molar-refractivity contribution in [3.63, 3.8) is 0 Å². The highest BCUT2D eigenvalue weighted by atomic mass is 16.3. The summed E-state index contributed by atoms with van der Waals surface area (Å²) in [5.74, 6) is 1.18. The van der Waals surface area contributed by atoms with E-state index >= 15 is 0 Å². The molecule has 0 aromatic heterocycles. The molecule has 1 saturated heterocycles. The lowest BCUT2D eigenvalue weighted by molar-refractivity contribution is -0.131. The van der Waals surface area contributed by atoms with Gasteiger partial charge in [0.25, 0.3) is 0 Å². The normalized spacial score (nSPS) is 25.7. The van der Waals surface area contributed by atoms with Gasteiger partial charge in [-0.2, -0.15) is 0 Å². The van der Waals surface area contributed by atoms with Crippen molar-refractivity contribution in [2.75, 3.05) is 19.6 Å². The van der Waals surface area contributed by atoms with E-state index in [9.17, 15) is 9.90 Å². The lowest BCUT2D eigenvalue weighted by Gasteiger charge is -2.38. The Morgan fingerprint density at radius 1 is 1.42 bits per heavy atom. The van der Waals surface area contributed by atoms with Gasteiger partial charge in [0.1, 0.15) is 0 Å². The number of likely N-dealkylation sites (tertiary alicyclic amines) is 1. The van der Waals surface area contributed by atoms with Crippen molar-refractivity contribution in [1.82, 2.24) is 10.2 Å². The zero-order valence-corrected chi connectivity index (χ0v) is 12.9. The molecule has 0 aromatic rings. The molecule has 1 heterocycles. The Hall–Kier alpha value is -0.610. The van der Waals surface area contributed by atoms with Crippen molar-refractivity contribution in [2.24, 2.45) is 11.8 Å². The maximum absolute atomic E-state index is 11.6. The van der Waals surface area contributed by atoms with Gasteiger partial charge < -0.3 is 15.3 Å². The molecule has 4 heteroatoms. The maximum Gasteiger partial charge on any atom is 0.219 e. The number of hydrogen-bond acceptors (Lipinski definition) is 3. The first-order valence-electron chi connectivity index (χ1n) is 7.59. The van der Waals surface area contributed by atoms with Gasteiger partial charge in [-0.1, -0.05) is 20.8 Å². The van der Waals surface area contributed by atoms with Crippen LogP contribution in [0.5, 0.6) is 0 Å². The highest BCUT2D eigenvalue weighted by Gasteiger charge is 2.29. The number of rotatable bonds is 6. The number of carbonyl (C=O) groups is 1. The number of carbonyl (C=O) groups excluding carboxylic acids is 1. The fourth-order valence-electron chi connectivity index (χ4n) is 2.73. The summed E-state index contributed by atoms with van der Waals surface area (Å²) in [4.78, 5) is 13.5. The molecule has 0 bridgehead atoms. The highest BCUT2D eigenvalue weighted by molar-refractivity contribution is 5.73. The van der Waals surface area contributed by atoms with Crippen molar-refractivity contribution in [1.29, 1.82) is 0 Å². The number of nitrogens with one attached hydrogen (secondary N) is 1. The van der Waals surface area contributed by atoms with Crippen molar-refractivity contribution >= 4 is 5.91 Å². The smallest absolute Gasteiger partial charge is 0.219 e. The Labute approximate surface area is 117 Å². The predicted octanol–water partition coefficient (Wildman–Crippen LogP) is 1.63. The molecule has 1 aliphatic rings. The fourth-order valence-corrected chi connectivity index (χ4v) is 2.73. The fraction of sp³-hybridized carbons (Fsp3) is 0.933. The maximum atomic E-state index is 11.6. The second-order valence-electron chi connectivity index (χ2n) is 6.32. The molecule has 1 aliphatic heterocycles. The van der Waals surface area contributed by atoms with E-state index in [-0.39, 0.29) is 12.0 Å². The van der Waals surface area contributed by atoms with E-state index in [2.05, 4.69) is 19.2 Å². The Balaban J connectivity index is 2.54. The SMILES string of the molecule is CCC(O)CC1CC(NCC(C)C)CN(C(C)=O)C1. The number of nitrogens with zero attached hydrogens (tertiary/aromatic N) is 1. The number of aliphatic hydroxyl groups is 1. The minimum absolute atomic E-state index is 0.145. The molecule has 0 spiro atoms. The Bertz CT molecular complexity index is 281. The van der Waals surface area contributed by atoms with Gasteiger partial charge >= 0.3 is 0 Å². The van der Waals surface area contributed by atoms with Gasteiger partial charge in [-0.3, -0.25) is 4.79 Å². The van der Waals surface area contributed by atoms with Gasteiger partial charge in [0.2, 0.25) is 5.91 Å². The standard InChI is InChI=1S/C15H30N2O2/c1-5-15(19)7-13-6-14(16-8-11(2)3)10-17(9-13)12(4)18/h11,13-16,19H,5-10H2,1-4H3. The molecule has 0 radical (unpaired) electrons. The molecular formula is C15H30N2O2. The van der Waals surface area contributed by atoms with E-state index in [1.807, 2.05) is 11.8 Å². The summed E-state index contributed by atoms with van der Waals surface area (Å²) in [7, 11) is 0. The van der Waals surface area contributed by atoms with Crippen LogP contribution in [0.25, 0.3) is 0 Å². The van der Waals surface area contributed by atoms with Gasteiger partial charge in [0.15, 0.2) is 0 Å². The minimum atomic E-state index is -0.234. The van der Waals surface area contributed by atoms with E-state index in [1.54, 1.807) is 6.92 Å². The molecule has 4 nitrogen and oxygen atoms in total. The van der Waals surface area contributed by atoms with E-state index in [0.29, 0.717) is 17.9 Å². The summed E-state index contributed by atoms with van der Waals surface area (Å²) >= 11 is 0. The molecule has 1 fully saturated rings. The largest absolute Gasteiger partial charge is 0.393 e. The quantitative estimate of drug-likeness (QED) is 0.771. The van der Waals surface area contributed by atoms with Gasteiger partial charge in [0.05, 0.1) is 6.10 Å². The van der Waals surface area contributed by atoms with Crippen LogP contribution in [0.1, 0.15) is 47.0 Å². The summed E-state index contributed by atoms with van der Waals surface area (Å²) < 4.78 is 0. The topological polar surface area (TPSA) is 52.6 Å².